The predicted molar refractivity (Wildman–Crippen MR) is 84.2 cm³/mol. The summed E-state index contributed by atoms with van der Waals surface area (Å²) in [6, 6.07) is 7.83. The van der Waals surface area contributed by atoms with Crippen LogP contribution in [0.4, 0.5) is 5.69 Å². The Morgan fingerprint density at radius 2 is 1.95 bits per heavy atom. The van der Waals surface area contributed by atoms with E-state index < -0.39 is 5.41 Å². The first-order valence-electron chi connectivity index (χ1n) is 7.40. The van der Waals surface area contributed by atoms with Crippen molar-refractivity contribution in [2.75, 3.05) is 12.4 Å². The second-order valence-electron chi connectivity index (χ2n) is 5.35. The Morgan fingerprint density at radius 1 is 1.33 bits per heavy atom. The maximum Gasteiger partial charge on any atom is 0.244 e. The zero-order chi connectivity index (χ0) is 15.9. The minimum Gasteiger partial charge on any atom is -0.495 e. The Kier molecular flexibility index (Phi) is 6.23. The van der Waals surface area contributed by atoms with Crippen LogP contribution in [0.1, 0.15) is 45.1 Å². The van der Waals surface area contributed by atoms with Gasteiger partial charge in [0.05, 0.1) is 18.9 Å². The van der Waals surface area contributed by atoms with E-state index in [0.29, 0.717) is 24.3 Å². The summed E-state index contributed by atoms with van der Waals surface area (Å²) in [6.07, 6.45) is 2.73. The van der Waals surface area contributed by atoms with Crippen molar-refractivity contribution in [3.63, 3.8) is 0 Å². The zero-order valence-corrected chi connectivity index (χ0v) is 13.3. The molecule has 0 unspecified atom stereocenters. The van der Waals surface area contributed by atoms with Gasteiger partial charge in [0.2, 0.25) is 5.91 Å². The molecule has 0 atom stereocenters. The van der Waals surface area contributed by atoms with Gasteiger partial charge in [0, 0.05) is 0 Å². The summed E-state index contributed by atoms with van der Waals surface area (Å²) in [5, 5.41) is 12.4. The van der Waals surface area contributed by atoms with Gasteiger partial charge < -0.3 is 10.1 Å². The van der Waals surface area contributed by atoms with E-state index in [1.165, 1.54) is 0 Å². The smallest absolute Gasteiger partial charge is 0.244 e. The summed E-state index contributed by atoms with van der Waals surface area (Å²) < 4.78 is 5.27. The van der Waals surface area contributed by atoms with Crippen LogP contribution in [0, 0.1) is 23.7 Å². The number of hydrogen-bond acceptors (Lipinski definition) is 3. The molecule has 0 spiro atoms. The molecule has 1 aromatic carbocycles. The van der Waals surface area contributed by atoms with Gasteiger partial charge in [0.25, 0.3) is 0 Å². The first kappa shape index (κ1) is 17.0. The monoisotopic (exact) mass is 288 g/mol. The highest BCUT2D eigenvalue weighted by Crippen LogP contribution is 2.33. The van der Waals surface area contributed by atoms with E-state index in [1.54, 1.807) is 7.11 Å². The van der Waals surface area contributed by atoms with Gasteiger partial charge in [-0.25, -0.2) is 0 Å². The molecule has 0 saturated heterocycles. The van der Waals surface area contributed by atoms with Gasteiger partial charge in [-0.2, -0.15) is 5.26 Å². The number of amides is 1. The fraction of sp³-hybridized carbons (Fsp3) is 0.529. The van der Waals surface area contributed by atoms with Gasteiger partial charge in [-0.05, 0) is 37.5 Å². The molecule has 1 rings (SSSR count). The van der Waals surface area contributed by atoms with Crippen LogP contribution in [-0.4, -0.2) is 13.0 Å². The summed E-state index contributed by atoms with van der Waals surface area (Å²) >= 11 is 0. The quantitative estimate of drug-likeness (QED) is 0.823. The van der Waals surface area contributed by atoms with Crippen LogP contribution in [0.25, 0.3) is 0 Å². The number of methoxy groups -OCH3 is 1. The van der Waals surface area contributed by atoms with Gasteiger partial charge in [0.15, 0.2) is 0 Å². The van der Waals surface area contributed by atoms with E-state index in [9.17, 15) is 10.1 Å². The third-order valence-corrected chi connectivity index (χ3v) is 3.61. The number of aryl methyl sites for hydroxylation is 1. The summed E-state index contributed by atoms with van der Waals surface area (Å²) in [7, 11) is 1.57. The number of nitriles is 1. The third-order valence-electron chi connectivity index (χ3n) is 3.61. The molecule has 0 radical (unpaired) electrons. The largest absolute Gasteiger partial charge is 0.495 e. The Hall–Kier alpha value is -2.02. The van der Waals surface area contributed by atoms with Crippen LogP contribution in [0.5, 0.6) is 5.75 Å². The lowest BCUT2D eigenvalue weighted by Crippen LogP contribution is -2.35. The van der Waals surface area contributed by atoms with E-state index in [1.807, 2.05) is 39.0 Å². The molecule has 0 aromatic heterocycles. The first-order valence-corrected chi connectivity index (χ1v) is 7.40. The molecule has 1 N–H and O–H groups in total. The van der Waals surface area contributed by atoms with Crippen molar-refractivity contribution in [3.05, 3.63) is 23.8 Å². The van der Waals surface area contributed by atoms with E-state index in [0.717, 1.165) is 18.4 Å². The van der Waals surface area contributed by atoms with Crippen molar-refractivity contribution < 1.29 is 9.53 Å². The van der Waals surface area contributed by atoms with Gasteiger partial charge in [-0.1, -0.05) is 32.8 Å². The average Bonchev–Trinajstić information content (AvgIpc) is 2.47. The zero-order valence-electron chi connectivity index (χ0n) is 13.3. The van der Waals surface area contributed by atoms with Gasteiger partial charge in [-0.3, -0.25) is 4.79 Å². The minimum absolute atomic E-state index is 0.238. The lowest BCUT2D eigenvalue weighted by Gasteiger charge is -2.25. The second-order valence-corrected chi connectivity index (χ2v) is 5.35. The summed E-state index contributed by atoms with van der Waals surface area (Å²) in [5.41, 5.74) is 0.687. The number of carbonyl (C=O) groups is 1. The molecule has 0 heterocycles. The Labute approximate surface area is 127 Å². The van der Waals surface area contributed by atoms with E-state index >= 15 is 0 Å². The molecular weight excluding hydrogens is 264 g/mol. The predicted octanol–water partition coefficient (Wildman–Crippen LogP) is 4.05. The Balaban J connectivity index is 3.07. The molecule has 0 bridgehead atoms. The van der Waals surface area contributed by atoms with Crippen LogP contribution in [0.15, 0.2) is 18.2 Å². The van der Waals surface area contributed by atoms with E-state index in [2.05, 4.69) is 11.4 Å². The molecular formula is C17H24N2O2. The number of nitrogens with zero attached hydrogens (tertiary/aromatic N) is 1. The van der Waals surface area contributed by atoms with Crippen molar-refractivity contribution >= 4 is 11.6 Å². The van der Waals surface area contributed by atoms with Crippen LogP contribution in [0.2, 0.25) is 0 Å². The normalized spacial score (nSPS) is 10.8. The van der Waals surface area contributed by atoms with Crippen molar-refractivity contribution in [2.45, 2.75) is 46.5 Å². The highest BCUT2D eigenvalue weighted by atomic mass is 16.5. The Bertz CT molecular complexity index is 526. The lowest BCUT2D eigenvalue weighted by atomic mass is 9.79. The Morgan fingerprint density at radius 3 is 2.43 bits per heavy atom. The number of carbonyl (C=O) groups excluding carboxylic acids is 1. The molecule has 21 heavy (non-hydrogen) atoms. The number of benzene rings is 1. The van der Waals surface area contributed by atoms with Crippen molar-refractivity contribution in [3.8, 4) is 11.8 Å². The van der Waals surface area contributed by atoms with Crippen molar-refractivity contribution in [2.24, 2.45) is 5.41 Å². The van der Waals surface area contributed by atoms with E-state index in [4.69, 9.17) is 4.74 Å². The highest BCUT2D eigenvalue weighted by Gasteiger charge is 2.37. The van der Waals surface area contributed by atoms with Crippen LogP contribution in [0.3, 0.4) is 0 Å². The van der Waals surface area contributed by atoms with Crippen LogP contribution in [-0.2, 0) is 4.79 Å². The first-order chi connectivity index (χ1) is 10.0. The summed E-state index contributed by atoms with van der Waals surface area (Å²) in [4.78, 5) is 12.6. The molecule has 4 nitrogen and oxygen atoms in total. The number of rotatable bonds is 7. The fourth-order valence-electron chi connectivity index (χ4n) is 2.53. The molecule has 0 aliphatic carbocycles. The van der Waals surface area contributed by atoms with E-state index in [-0.39, 0.29) is 5.91 Å². The SMILES string of the molecule is CCCC(C#N)(CCC)C(=O)Nc1cc(C)ccc1OC. The number of hydrogen-bond donors (Lipinski definition) is 1. The number of nitrogens with one attached hydrogen (secondary N) is 1. The molecule has 1 amide bonds. The van der Waals surface area contributed by atoms with Gasteiger partial charge in [-0.15, -0.1) is 0 Å². The minimum atomic E-state index is -0.960. The molecule has 114 valence electrons. The topological polar surface area (TPSA) is 62.1 Å². The fourth-order valence-corrected chi connectivity index (χ4v) is 2.53. The average molecular weight is 288 g/mol. The lowest BCUT2D eigenvalue weighted by molar-refractivity contribution is -0.123. The van der Waals surface area contributed by atoms with Gasteiger partial charge >= 0.3 is 0 Å². The molecule has 0 aliphatic rings. The third kappa shape index (κ3) is 3.98. The number of anilines is 1. The summed E-state index contributed by atoms with van der Waals surface area (Å²) in [6.45, 7) is 5.93. The standard InChI is InChI=1S/C17H24N2O2/c1-5-9-17(12-18,10-6-2)16(20)19-14-11-13(3)7-8-15(14)21-4/h7-8,11H,5-6,9-10H2,1-4H3,(H,19,20). The van der Waals surface area contributed by atoms with Crippen molar-refractivity contribution in [1.29, 1.82) is 5.26 Å². The molecule has 0 fully saturated rings. The molecule has 1 aromatic rings. The second kappa shape index (κ2) is 7.68. The van der Waals surface area contributed by atoms with Crippen LogP contribution >= 0.6 is 0 Å². The molecule has 4 heteroatoms. The molecule has 0 saturated carbocycles. The highest BCUT2D eigenvalue weighted by molar-refractivity contribution is 5.98. The van der Waals surface area contributed by atoms with Gasteiger partial charge in [0.1, 0.15) is 11.2 Å². The maximum atomic E-state index is 12.6. The van der Waals surface area contributed by atoms with Crippen LogP contribution < -0.4 is 10.1 Å². The molecule has 0 aliphatic heterocycles. The maximum absolute atomic E-state index is 12.6. The number of ether oxygens (including phenoxy) is 1. The summed E-state index contributed by atoms with van der Waals surface area (Å²) in [5.74, 6) is 0.367. The van der Waals surface area contributed by atoms with Crippen molar-refractivity contribution in [1.82, 2.24) is 0 Å².